The number of Topliss-reactive ketones (excluding diaryl/α,β-unsaturated/α-hetero) is 1. The molecule has 3 nitrogen and oxygen atoms in total. The number of carbonyl (C=O) groups excluding carboxylic acids is 1. The maximum Gasteiger partial charge on any atom is 0.171 e. The zero-order chi connectivity index (χ0) is 11.1. The second-order valence-electron chi connectivity index (χ2n) is 4.62. The fraction of sp³-hybridized carbons (Fsp3) is 0.700. The Balaban J connectivity index is 3.18. The van der Waals surface area contributed by atoms with Crippen LogP contribution in [0.25, 0.3) is 0 Å². The van der Waals surface area contributed by atoms with Gasteiger partial charge in [0.15, 0.2) is 9.84 Å². The number of ketones is 1. The van der Waals surface area contributed by atoms with E-state index in [0.717, 1.165) is 0 Å². The summed E-state index contributed by atoms with van der Waals surface area (Å²) in [5.74, 6) is -0.173. The lowest BCUT2D eigenvalue weighted by molar-refractivity contribution is -0.129. The highest BCUT2D eigenvalue weighted by Gasteiger charge is 2.37. The molecule has 1 aliphatic rings. The van der Waals surface area contributed by atoms with Crippen LogP contribution >= 0.6 is 0 Å². The van der Waals surface area contributed by atoms with Gasteiger partial charge in [0.05, 0.1) is 0 Å². The smallest absolute Gasteiger partial charge is 0.171 e. The van der Waals surface area contributed by atoms with Crippen molar-refractivity contribution in [3.8, 4) is 0 Å². The van der Waals surface area contributed by atoms with Gasteiger partial charge in [-0.05, 0) is 6.42 Å². The second kappa shape index (κ2) is 3.19. The summed E-state index contributed by atoms with van der Waals surface area (Å²) in [6.07, 6.45) is 3.09. The van der Waals surface area contributed by atoms with Gasteiger partial charge in [0.2, 0.25) is 0 Å². The van der Waals surface area contributed by atoms with Gasteiger partial charge >= 0.3 is 0 Å². The Morgan fingerprint density at radius 2 is 1.93 bits per heavy atom. The minimum Gasteiger partial charge on any atom is -0.298 e. The standard InChI is InChI=1S/C10H16O3S/c1-7-5-8(14(4,12)13)6-10(2,3)9(7)11/h5,7H,6H2,1-4H3. The summed E-state index contributed by atoms with van der Waals surface area (Å²) in [5, 5.41) is 0. The van der Waals surface area contributed by atoms with E-state index in [2.05, 4.69) is 0 Å². The summed E-state index contributed by atoms with van der Waals surface area (Å²) in [4.78, 5) is 12.1. The first-order chi connectivity index (χ1) is 6.14. The molecule has 0 fully saturated rings. The van der Waals surface area contributed by atoms with Gasteiger partial charge in [0.1, 0.15) is 5.78 Å². The quantitative estimate of drug-likeness (QED) is 0.668. The molecule has 0 aromatic rings. The zero-order valence-corrected chi connectivity index (χ0v) is 9.81. The number of hydrogen-bond donors (Lipinski definition) is 0. The van der Waals surface area contributed by atoms with E-state index in [0.29, 0.717) is 11.3 Å². The number of rotatable bonds is 1. The fourth-order valence-electron chi connectivity index (χ4n) is 1.81. The van der Waals surface area contributed by atoms with Crippen molar-refractivity contribution >= 4 is 15.6 Å². The molecule has 1 rings (SSSR count). The molecule has 1 atom stereocenters. The molecule has 80 valence electrons. The van der Waals surface area contributed by atoms with Crippen LogP contribution < -0.4 is 0 Å². The van der Waals surface area contributed by atoms with Crippen molar-refractivity contribution in [2.75, 3.05) is 6.26 Å². The van der Waals surface area contributed by atoms with Crippen LogP contribution in [0.4, 0.5) is 0 Å². The first-order valence-electron chi connectivity index (χ1n) is 4.59. The van der Waals surface area contributed by atoms with Gasteiger partial charge in [-0.3, -0.25) is 4.79 Å². The Morgan fingerprint density at radius 1 is 1.43 bits per heavy atom. The molecule has 0 heterocycles. The van der Waals surface area contributed by atoms with E-state index in [9.17, 15) is 13.2 Å². The average molecular weight is 216 g/mol. The van der Waals surface area contributed by atoms with Crippen molar-refractivity contribution in [3.63, 3.8) is 0 Å². The predicted octanol–water partition coefficient (Wildman–Crippen LogP) is 1.55. The third-order valence-corrected chi connectivity index (χ3v) is 3.84. The molecule has 0 aromatic heterocycles. The minimum atomic E-state index is -3.14. The van der Waals surface area contributed by atoms with Crippen LogP contribution in [0.2, 0.25) is 0 Å². The molecule has 0 N–H and O–H groups in total. The molecule has 0 radical (unpaired) electrons. The van der Waals surface area contributed by atoms with Crippen LogP contribution in [-0.4, -0.2) is 20.5 Å². The fourth-order valence-corrected chi connectivity index (χ4v) is 2.88. The van der Waals surface area contributed by atoms with E-state index in [1.807, 2.05) is 0 Å². The summed E-state index contributed by atoms with van der Waals surface area (Å²) in [5.41, 5.74) is -0.549. The third-order valence-electron chi connectivity index (χ3n) is 2.61. The highest BCUT2D eigenvalue weighted by Crippen LogP contribution is 2.36. The molecule has 0 amide bonds. The highest BCUT2D eigenvalue weighted by molar-refractivity contribution is 7.94. The van der Waals surface area contributed by atoms with Crippen molar-refractivity contribution in [2.24, 2.45) is 11.3 Å². The Kier molecular flexibility index (Phi) is 2.61. The van der Waals surface area contributed by atoms with Crippen LogP contribution in [0.3, 0.4) is 0 Å². The van der Waals surface area contributed by atoms with Gasteiger partial charge < -0.3 is 0 Å². The number of carbonyl (C=O) groups is 1. The Morgan fingerprint density at radius 3 is 2.29 bits per heavy atom. The normalized spacial score (nSPS) is 27.3. The SMILES string of the molecule is CC1C=C(S(C)(=O)=O)CC(C)(C)C1=O. The molecular weight excluding hydrogens is 200 g/mol. The van der Waals surface area contributed by atoms with Crippen molar-refractivity contribution in [3.05, 3.63) is 11.0 Å². The van der Waals surface area contributed by atoms with E-state index in [1.54, 1.807) is 26.8 Å². The molecule has 1 aliphatic carbocycles. The van der Waals surface area contributed by atoms with Gasteiger partial charge in [0, 0.05) is 22.5 Å². The van der Waals surface area contributed by atoms with Crippen molar-refractivity contribution in [1.29, 1.82) is 0 Å². The molecular formula is C10H16O3S. The van der Waals surface area contributed by atoms with Crippen LogP contribution in [-0.2, 0) is 14.6 Å². The van der Waals surface area contributed by atoms with Crippen LogP contribution in [0.5, 0.6) is 0 Å². The highest BCUT2D eigenvalue weighted by atomic mass is 32.2. The Hall–Kier alpha value is -0.640. The molecule has 0 saturated heterocycles. The lowest BCUT2D eigenvalue weighted by atomic mass is 9.75. The largest absolute Gasteiger partial charge is 0.298 e. The topological polar surface area (TPSA) is 51.2 Å². The monoisotopic (exact) mass is 216 g/mol. The first-order valence-corrected chi connectivity index (χ1v) is 6.49. The van der Waals surface area contributed by atoms with Crippen molar-refractivity contribution < 1.29 is 13.2 Å². The Bertz CT molecular complexity index is 388. The summed E-state index contributed by atoms with van der Waals surface area (Å²) in [7, 11) is -3.14. The van der Waals surface area contributed by atoms with Gasteiger partial charge in [0.25, 0.3) is 0 Å². The zero-order valence-electron chi connectivity index (χ0n) is 8.99. The second-order valence-corrected chi connectivity index (χ2v) is 6.69. The average Bonchev–Trinajstić information content (AvgIpc) is 1.97. The lowest BCUT2D eigenvalue weighted by Gasteiger charge is -2.30. The van der Waals surface area contributed by atoms with Gasteiger partial charge in [-0.15, -0.1) is 0 Å². The van der Waals surface area contributed by atoms with E-state index >= 15 is 0 Å². The predicted molar refractivity (Wildman–Crippen MR) is 55.5 cm³/mol. The van der Waals surface area contributed by atoms with E-state index in [4.69, 9.17) is 0 Å². The van der Waals surface area contributed by atoms with Crippen molar-refractivity contribution in [2.45, 2.75) is 27.2 Å². The Labute approximate surface area is 85.1 Å². The number of allylic oxidation sites excluding steroid dienone is 2. The summed E-state index contributed by atoms with van der Waals surface area (Å²) in [6, 6.07) is 0. The molecule has 0 aliphatic heterocycles. The molecule has 1 unspecified atom stereocenters. The van der Waals surface area contributed by atoms with Crippen LogP contribution in [0, 0.1) is 11.3 Å². The van der Waals surface area contributed by atoms with Gasteiger partial charge in [-0.25, -0.2) is 8.42 Å². The molecule has 4 heteroatoms. The molecule has 14 heavy (non-hydrogen) atoms. The minimum absolute atomic E-state index is 0.116. The maximum atomic E-state index is 11.7. The van der Waals surface area contributed by atoms with Crippen molar-refractivity contribution in [1.82, 2.24) is 0 Å². The number of sulfone groups is 1. The summed E-state index contributed by atoms with van der Waals surface area (Å²) in [6.45, 7) is 5.34. The van der Waals surface area contributed by atoms with E-state index < -0.39 is 15.3 Å². The molecule has 0 bridgehead atoms. The molecule has 0 saturated carbocycles. The van der Waals surface area contributed by atoms with Crippen LogP contribution in [0.1, 0.15) is 27.2 Å². The summed E-state index contributed by atoms with van der Waals surface area (Å²) < 4.78 is 22.7. The van der Waals surface area contributed by atoms with Gasteiger partial charge in [-0.1, -0.05) is 26.8 Å². The number of hydrogen-bond acceptors (Lipinski definition) is 3. The van der Waals surface area contributed by atoms with Gasteiger partial charge in [-0.2, -0.15) is 0 Å². The van der Waals surface area contributed by atoms with E-state index in [1.165, 1.54) is 6.26 Å². The third kappa shape index (κ3) is 2.05. The lowest BCUT2D eigenvalue weighted by Crippen LogP contribution is -2.34. The van der Waals surface area contributed by atoms with E-state index in [-0.39, 0.29) is 11.7 Å². The first kappa shape index (κ1) is 11.4. The summed E-state index contributed by atoms with van der Waals surface area (Å²) >= 11 is 0. The van der Waals surface area contributed by atoms with Crippen LogP contribution in [0.15, 0.2) is 11.0 Å². The maximum absolute atomic E-state index is 11.7. The molecule has 0 spiro atoms. The molecule has 0 aromatic carbocycles.